The second-order valence-corrected chi connectivity index (χ2v) is 4.16. The van der Waals surface area contributed by atoms with Crippen molar-refractivity contribution in [2.45, 2.75) is 13.3 Å². The van der Waals surface area contributed by atoms with E-state index in [1.165, 1.54) is 11.0 Å². The van der Waals surface area contributed by atoms with Gasteiger partial charge in [-0.2, -0.15) is 0 Å². The number of halogens is 2. The molecule has 1 fully saturated rings. The van der Waals surface area contributed by atoms with Gasteiger partial charge in [-0.15, -0.1) is 0 Å². The fraction of sp³-hybridized carbons (Fsp3) is 0.273. The minimum atomic E-state index is -0.424. The van der Waals surface area contributed by atoms with Gasteiger partial charge in [-0.3, -0.25) is 9.59 Å². The Balaban J connectivity index is 2.45. The minimum absolute atomic E-state index is 0.0175. The first kappa shape index (κ1) is 11.1. The highest BCUT2D eigenvalue weighted by Gasteiger charge is 2.30. The van der Waals surface area contributed by atoms with Crippen LogP contribution in [0.4, 0.5) is 10.1 Å². The Morgan fingerprint density at radius 3 is 2.62 bits per heavy atom. The number of amides is 1. The van der Waals surface area contributed by atoms with Gasteiger partial charge < -0.3 is 4.90 Å². The molecule has 1 aliphatic rings. The maximum absolute atomic E-state index is 13.2. The van der Waals surface area contributed by atoms with E-state index in [4.69, 9.17) is 11.6 Å². The number of aryl methyl sites for hydroxylation is 1. The first-order valence-electron chi connectivity index (χ1n) is 4.77. The number of ketones is 1. The van der Waals surface area contributed by atoms with Crippen LogP contribution in [0.1, 0.15) is 12.0 Å². The molecule has 1 amide bonds. The maximum Gasteiger partial charge on any atom is 0.234 e. The molecular weight excluding hydrogens is 233 g/mol. The third kappa shape index (κ3) is 1.80. The second kappa shape index (κ2) is 3.87. The number of hydrogen-bond donors (Lipinski definition) is 0. The molecule has 0 spiro atoms. The number of carbonyl (C=O) groups excluding carboxylic acids is 2. The largest absolute Gasteiger partial charge is 0.303 e. The van der Waals surface area contributed by atoms with Crippen molar-refractivity contribution >= 4 is 29.0 Å². The fourth-order valence-corrected chi connectivity index (χ4v) is 1.91. The first-order chi connectivity index (χ1) is 7.49. The van der Waals surface area contributed by atoms with E-state index in [1.807, 2.05) is 0 Å². The number of benzene rings is 1. The van der Waals surface area contributed by atoms with Gasteiger partial charge in [0.2, 0.25) is 5.91 Å². The van der Waals surface area contributed by atoms with Gasteiger partial charge in [0.15, 0.2) is 5.78 Å². The summed E-state index contributed by atoms with van der Waals surface area (Å²) in [4.78, 5) is 23.9. The van der Waals surface area contributed by atoms with Crippen LogP contribution in [0.25, 0.3) is 0 Å². The zero-order chi connectivity index (χ0) is 11.9. The van der Waals surface area contributed by atoms with E-state index in [2.05, 4.69) is 0 Å². The lowest BCUT2D eigenvalue weighted by Gasteiger charge is -2.17. The number of nitrogens with zero attached hydrogens (tertiary/aromatic N) is 1. The molecule has 1 aliphatic heterocycles. The molecule has 0 saturated carbocycles. The lowest BCUT2D eigenvalue weighted by atomic mass is 10.2. The minimum Gasteiger partial charge on any atom is -0.303 e. The van der Waals surface area contributed by atoms with Crippen molar-refractivity contribution in [3.05, 3.63) is 28.5 Å². The Kier molecular flexibility index (Phi) is 2.68. The van der Waals surface area contributed by atoms with Gasteiger partial charge in [-0.1, -0.05) is 11.6 Å². The van der Waals surface area contributed by atoms with E-state index in [1.54, 1.807) is 6.92 Å². The van der Waals surface area contributed by atoms with Crippen LogP contribution in [0.5, 0.6) is 0 Å². The molecule has 1 heterocycles. The Morgan fingerprint density at radius 1 is 1.38 bits per heavy atom. The van der Waals surface area contributed by atoms with Crippen LogP contribution in [0, 0.1) is 12.7 Å². The van der Waals surface area contributed by atoms with Gasteiger partial charge in [-0.05, 0) is 24.6 Å². The molecule has 1 aromatic carbocycles. The lowest BCUT2D eigenvalue weighted by molar-refractivity contribution is -0.121. The summed E-state index contributed by atoms with van der Waals surface area (Å²) in [7, 11) is 0. The molecule has 3 nitrogen and oxygen atoms in total. The van der Waals surface area contributed by atoms with Crippen molar-refractivity contribution in [2.75, 3.05) is 11.4 Å². The van der Waals surface area contributed by atoms with Gasteiger partial charge in [0.25, 0.3) is 0 Å². The summed E-state index contributed by atoms with van der Waals surface area (Å²) in [5, 5.41) is 0.145. The number of rotatable bonds is 1. The Morgan fingerprint density at radius 2 is 2.06 bits per heavy atom. The first-order valence-corrected chi connectivity index (χ1v) is 5.14. The van der Waals surface area contributed by atoms with Crippen LogP contribution in [-0.2, 0) is 9.59 Å². The van der Waals surface area contributed by atoms with Gasteiger partial charge in [0.05, 0.1) is 23.7 Å². The molecular formula is C11H9ClFNO2. The van der Waals surface area contributed by atoms with Crippen LogP contribution in [0.3, 0.4) is 0 Å². The molecule has 0 aliphatic carbocycles. The second-order valence-electron chi connectivity index (χ2n) is 3.75. The number of hydrogen-bond acceptors (Lipinski definition) is 2. The summed E-state index contributed by atoms with van der Waals surface area (Å²) < 4.78 is 13.2. The monoisotopic (exact) mass is 241 g/mol. The van der Waals surface area contributed by atoms with E-state index in [0.717, 1.165) is 6.07 Å². The molecule has 0 aromatic heterocycles. The number of Topliss-reactive ketones (excluding diaryl/α,β-unsaturated/α-hetero) is 1. The molecule has 0 unspecified atom stereocenters. The number of anilines is 1. The normalized spacial score (nSPS) is 16.1. The average molecular weight is 242 g/mol. The van der Waals surface area contributed by atoms with Crippen molar-refractivity contribution in [1.29, 1.82) is 0 Å². The molecule has 0 N–H and O–H groups in total. The van der Waals surface area contributed by atoms with Crippen molar-refractivity contribution < 1.29 is 14.0 Å². The molecule has 84 valence electrons. The zero-order valence-electron chi connectivity index (χ0n) is 8.59. The lowest BCUT2D eigenvalue weighted by Crippen LogP contribution is -2.25. The fourth-order valence-electron chi connectivity index (χ4n) is 1.65. The molecule has 0 atom stereocenters. The van der Waals surface area contributed by atoms with E-state index in [9.17, 15) is 14.0 Å². The molecule has 2 rings (SSSR count). The highest BCUT2D eigenvalue weighted by Crippen LogP contribution is 2.30. The summed E-state index contributed by atoms with van der Waals surface area (Å²) in [6.45, 7) is 1.60. The van der Waals surface area contributed by atoms with Crippen LogP contribution < -0.4 is 4.90 Å². The SMILES string of the molecule is Cc1cc(N2CC(=O)CC2=O)c(Cl)cc1F. The van der Waals surface area contributed by atoms with Gasteiger partial charge >= 0.3 is 0 Å². The van der Waals surface area contributed by atoms with E-state index < -0.39 is 5.82 Å². The summed E-state index contributed by atoms with van der Waals surface area (Å²) in [6, 6.07) is 2.64. The molecule has 5 heteroatoms. The van der Waals surface area contributed by atoms with Crippen LogP contribution in [0.15, 0.2) is 12.1 Å². The van der Waals surface area contributed by atoms with Gasteiger partial charge in [0.1, 0.15) is 5.82 Å². The summed E-state index contributed by atoms with van der Waals surface area (Å²) in [5.74, 6) is -0.868. The maximum atomic E-state index is 13.2. The van der Waals surface area contributed by atoms with Gasteiger partial charge in [0, 0.05) is 0 Å². The molecule has 1 saturated heterocycles. The van der Waals surface area contributed by atoms with Crippen molar-refractivity contribution in [3.8, 4) is 0 Å². The quantitative estimate of drug-likeness (QED) is 0.706. The smallest absolute Gasteiger partial charge is 0.234 e. The van der Waals surface area contributed by atoms with E-state index in [-0.39, 0.29) is 29.7 Å². The molecule has 1 aromatic rings. The molecule has 0 bridgehead atoms. The Labute approximate surface area is 96.8 Å². The van der Waals surface area contributed by atoms with E-state index >= 15 is 0 Å². The predicted octanol–water partition coefficient (Wildman–Crippen LogP) is 2.09. The summed E-state index contributed by atoms with van der Waals surface area (Å²) in [6.07, 6.45) is -0.104. The zero-order valence-corrected chi connectivity index (χ0v) is 9.34. The summed E-state index contributed by atoms with van der Waals surface area (Å²) >= 11 is 5.85. The standard InChI is InChI=1S/C11H9ClFNO2/c1-6-2-10(8(12)4-9(6)13)14-5-7(15)3-11(14)16/h2,4H,3,5H2,1H3. The van der Waals surface area contributed by atoms with Gasteiger partial charge in [-0.25, -0.2) is 4.39 Å². The number of carbonyl (C=O) groups is 2. The van der Waals surface area contributed by atoms with Crippen molar-refractivity contribution in [1.82, 2.24) is 0 Å². The van der Waals surface area contributed by atoms with Crippen LogP contribution >= 0.6 is 11.6 Å². The highest BCUT2D eigenvalue weighted by molar-refractivity contribution is 6.34. The predicted molar refractivity (Wildman–Crippen MR) is 58.1 cm³/mol. The summed E-state index contributed by atoms with van der Waals surface area (Å²) in [5.41, 5.74) is 0.794. The molecule has 0 radical (unpaired) electrons. The highest BCUT2D eigenvalue weighted by atomic mass is 35.5. The van der Waals surface area contributed by atoms with Crippen LogP contribution in [-0.4, -0.2) is 18.2 Å². The van der Waals surface area contributed by atoms with Crippen molar-refractivity contribution in [3.63, 3.8) is 0 Å². The Hall–Kier alpha value is -1.42. The van der Waals surface area contributed by atoms with E-state index in [0.29, 0.717) is 11.3 Å². The third-order valence-corrected chi connectivity index (χ3v) is 2.81. The van der Waals surface area contributed by atoms with Crippen LogP contribution in [0.2, 0.25) is 5.02 Å². The third-order valence-electron chi connectivity index (χ3n) is 2.50. The average Bonchev–Trinajstić information content (AvgIpc) is 2.51. The topological polar surface area (TPSA) is 37.4 Å². The van der Waals surface area contributed by atoms with Crippen molar-refractivity contribution in [2.24, 2.45) is 0 Å². The Bertz CT molecular complexity index is 487. The molecule has 16 heavy (non-hydrogen) atoms.